The monoisotopic (exact) mass is 280 g/mol. The topological polar surface area (TPSA) is 62.4 Å². The van der Waals surface area contributed by atoms with Gasteiger partial charge in [0, 0.05) is 5.56 Å². The van der Waals surface area contributed by atoms with Gasteiger partial charge < -0.3 is 10.3 Å². The molecule has 0 amide bonds. The zero-order valence-corrected chi connectivity index (χ0v) is 11.9. The van der Waals surface area contributed by atoms with E-state index in [-0.39, 0.29) is 11.6 Å². The van der Waals surface area contributed by atoms with Gasteiger partial charge in [0.15, 0.2) is 5.82 Å². The first kappa shape index (κ1) is 13.5. The van der Waals surface area contributed by atoms with Crippen molar-refractivity contribution in [3.8, 4) is 0 Å². The number of fused-ring (bicyclic) bond motifs is 1. The second-order valence-electron chi connectivity index (χ2n) is 5.18. The third kappa shape index (κ3) is 3.01. The number of aromatic nitrogens is 2. The first-order valence-electron chi connectivity index (χ1n) is 7.10. The van der Waals surface area contributed by atoms with E-state index in [2.05, 4.69) is 34.3 Å². The third-order valence-corrected chi connectivity index (χ3v) is 3.61. The lowest BCUT2D eigenvalue weighted by atomic mass is 10.2. The number of para-hydroxylation sites is 1. The molecule has 1 atom stereocenters. The van der Waals surface area contributed by atoms with Gasteiger partial charge >= 0.3 is 0 Å². The van der Waals surface area contributed by atoms with Crippen molar-refractivity contribution in [2.75, 3.05) is 0 Å². The molecular weight excluding hydrogens is 262 g/mol. The van der Waals surface area contributed by atoms with E-state index in [1.54, 1.807) is 6.07 Å². The summed E-state index contributed by atoms with van der Waals surface area (Å²) in [6.45, 7) is 2.91. The maximum Gasteiger partial charge on any atom is 0.258 e. The average molecular weight is 280 g/mol. The summed E-state index contributed by atoms with van der Waals surface area (Å²) in [5.74, 6) is 0.717. The summed E-state index contributed by atoms with van der Waals surface area (Å²) in [6, 6.07) is 17.8. The van der Waals surface area contributed by atoms with Crippen molar-refractivity contribution in [2.24, 2.45) is 0 Å². The molecule has 4 nitrogen and oxygen atoms in total. The Morgan fingerprint density at radius 1 is 1.10 bits per heavy atom. The fourth-order valence-corrected chi connectivity index (χ4v) is 2.36. The lowest BCUT2D eigenvalue weighted by Crippen LogP contribution is -2.83. The lowest BCUT2D eigenvalue weighted by Gasteiger charge is -2.10. The zero-order chi connectivity index (χ0) is 14.7. The second-order valence-corrected chi connectivity index (χ2v) is 5.18. The van der Waals surface area contributed by atoms with Crippen molar-refractivity contribution in [2.45, 2.75) is 19.5 Å². The molecule has 0 fully saturated rings. The van der Waals surface area contributed by atoms with Crippen molar-refractivity contribution in [3.05, 3.63) is 76.3 Å². The minimum Gasteiger partial charge on any atom is -0.334 e. The standard InChI is InChI=1S/C17H17N3O/c1-12(18-11-13-7-3-2-4-8-13)16-19-15-10-6-5-9-14(15)17(21)20-16/h2-10,12,18H,11H2,1H3,(H,19,20,21)/p+1/t12-/m1/s1. The quantitative estimate of drug-likeness (QED) is 0.765. The Morgan fingerprint density at radius 3 is 2.62 bits per heavy atom. The largest absolute Gasteiger partial charge is 0.334 e. The summed E-state index contributed by atoms with van der Waals surface area (Å²) in [5, 5.41) is 2.80. The fraction of sp³-hybridized carbons (Fsp3) is 0.176. The number of benzene rings is 2. The van der Waals surface area contributed by atoms with E-state index in [0.29, 0.717) is 5.39 Å². The molecule has 0 aliphatic carbocycles. The van der Waals surface area contributed by atoms with Crippen LogP contribution in [0.3, 0.4) is 0 Å². The summed E-state index contributed by atoms with van der Waals surface area (Å²) in [4.78, 5) is 19.5. The Hall–Kier alpha value is -2.46. The maximum absolute atomic E-state index is 12.1. The molecule has 3 aromatic rings. The van der Waals surface area contributed by atoms with Crippen LogP contribution in [0.25, 0.3) is 10.9 Å². The minimum atomic E-state index is -0.0736. The number of aromatic amines is 1. The SMILES string of the molecule is C[C@@H]([NH2+]Cc1ccccc1)c1nc2ccccc2c(=O)[nH]1. The number of rotatable bonds is 4. The molecule has 2 aromatic carbocycles. The summed E-state index contributed by atoms with van der Waals surface area (Å²) in [6.07, 6.45) is 0. The Morgan fingerprint density at radius 2 is 1.81 bits per heavy atom. The molecule has 0 bridgehead atoms. The van der Waals surface area contributed by atoms with Crippen molar-refractivity contribution >= 4 is 10.9 Å². The first-order chi connectivity index (χ1) is 10.2. The highest BCUT2D eigenvalue weighted by atomic mass is 16.1. The smallest absolute Gasteiger partial charge is 0.258 e. The zero-order valence-electron chi connectivity index (χ0n) is 11.9. The molecule has 0 aliphatic rings. The van der Waals surface area contributed by atoms with Gasteiger partial charge in [-0.05, 0) is 19.1 Å². The van der Waals surface area contributed by atoms with Gasteiger partial charge in [0.25, 0.3) is 5.56 Å². The first-order valence-corrected chi connectivity index (χ1v) is 7.10. The van der Waals surface area contributed by atoms with Gasteiger partial charge in [0.05, 0.1) is 10.9 Å². The molecule has 0 saturated carbocycles. The molecule has 0 aliphatic heterocycles. The molecule has 106 valence electrons. The molecule has 0 radical (unpaired) electrons. The van der Waals surface area contributed by atoms with E-state index < -0.39 is 0 Å². The van der Waals surface area contributed by atoms with E-state index >= 15 is 0 Å². The fourth-order valence-electron chi connectivity index (χ4n) is 2.36. The second kappa shape index (κ2) is 5.89. The van der Waals surface area contributed by atoms with Gasteiger partial charge in [-0.3, -0.25) is 4.79 Å². The van der Waals surface area contributed by atoms with Gasteiger partial charge in [-0.1, -0.05) is 42.5 Å². The van der Waals surface area contributed by atoms with Crippen LogP contribution in [0.5, 0.6) is 0 Å². The van der Waals surface area contributed by atoms with Crippen molar-refractivity contribution in [3.63, 3.8) is 0 Å². The lowest BCUT2D eigenvalue weighted by molar-refractivity contribution is -0.709. The van der Waals surface area contributed by atoms with Crippen LogP contribution in [0.4, 0.5) is 0 Å². The van der Waals surface area contributed by atoms with Crippen LogP contribution in [-0.4, -0.2) is 9.97 Å². The van der Waals surface area contributed by atoms with Crippen LogP contribution >= 0.6 is 0 Å². The maximum atomic E-state index is 12.1. The molecule has 4 heteroatoms. The normalized spacial score (nSPS) is 12.4. The number of hydrogen-bond donors (Lipinski definition) is 2. The van der Waals surface area contributed by atoms with Crippen LogP contribution in [0.15, 0.2) is 59.4 Å². The Balaban J connectivity index is 1.81. The van der Waals surface area contributed by atoms with E-state index in [1.807, 2.05) is 36.4 Å². The molecular formula is C17H18N3O+. The highest BCUT2D eigenvalue weighted by Gasteiger charge is 2.13. The van der Waals surface area contributed by atoms with Gasteiger partial charge in [0.1, 0.15) is 12.6 Å². The molecule has 1 aromatic heterocycles. The minimum absolute atomic E-state index is 0.0736. The van der Waals surface area contributed by atoms with E-state index in [4.69, 9.17) is 0 Å². The molecule has 1 heterocycles. The number of hydrogen-bond acceptors (Lipinski definition) is 2. The predicted molar refractivity (Wildman–Crippen MR) is 82.9 cm³/mol. The number of H-pyrrole nitrogens is 1. The summed E-state index contributed by atoms with van der Waals surface area (Å²) in [7, 11) is 0. The molecule has 21 heavy (non-hydrogen) atoms. The van der Waals surface area contributed by atoms with Gasteiger partial charge in [-0.15, -0.1) is 0 Å². The van der Waals surface area contributed by atoms with E-state index in [0.717, 1.165) is 17.9 Å². The number of quaternary nitrogens is 1. The van der Waals surface area contributed by atoms with Crippen LogP contribution in [0.1, 0.15) is 24.4 Å². The molecule has 0 spiro atoms. The predicted octanol–water partition coefficient (Wildman–Crippen LogP) is 1.75. The van der Waals surface area contributed by atoms with Gasteiger partial charge in [0.2, 0.25) is 0 Å². The molecule has 0 saturated heterocycles. The van der Waals surface area contributed by atoms with Crippen molar-refractivity contribution in [1.29, 1.82) is 0 Å². The average Bonchev–Trinajstić information content (AvgIpc) is 2.53. The molecule has 0 unspecified atom stereocenters. The van der Waals surface area contributed by atoms with Crippen molar-refractivity contribution in [1.82, 2.24) is 9.97 Å². The van der Waals surface area contributed by atoms with Crippen LogP contribution in [0.2, 0.25) is 0 Å². The van der Waals surface area contributed by atoms with Crippen molar-refractivity contribution < 1.29 is 5.32 Å². The number of nitrogens with two attached hydrogens (primary N) is 1. The summed E-state index contributed by atoms with van der Waals surface area (Å²) >= 11 is 0. The Kier molecular flexibility index (Phi) is 3.79. The molecule has 3 rings (SSSR count). The highest BCUT2D eigenvalue weighted by molar-refractivity contribution is 5.77. The molecule has 3 N–H and O–H groups in total. The summed E-state index contributed by atoms with van der Waals surface area (Å²) in [5.41, 5.74) is 1.93. The third-order valence-electron chi connectivity index (χ3n) is 3.61. The van der Waals surface area contributed by atoms with Gasteiger partial charge in [-0.2, -0.15) is 0 Å². The Labute approximate surface area is 122 Å². The van der Waals surface area contributed by atoms with Gasteiger partial charge in [-0.25, -0.2) is 4.98 Å². The van der Waals surface area contributed by atoms with Crippen LogP contribution in [-0.2, 0) is 6.54 Å². The number of nitrogens with one attached hydrogen (secondary N) is 1. The Bertz CT molecular complexity index is 796. The van der Waals surface area contributed by atoms with Crippen LogP contribution in [0, 0.1) is 0 Å². The van der Waals surface area contributed by atoms with E-state index in [9.17, 15) is 4.79 Å². The summed E-state index contributed by atoms with van der Waals surface area (Å²) < 4.78 is 0. The number of nitrogens with zero attached hydrogens (tertiary/aromatic N) is 1. The highest BCUT2D eigenvalue weighted by Crippen LogP contribution is 2.08. The van der Waals surface area contributed by atoms with E-state index in [1.165, 1.54) is 5.56 Å². The van der Waals surface area contributed by atoms with Crippen LogP contribution < -0.4 is 10.9 Å².